The zero-order chi connectivity index (χ0) is 28.7. The third-order valence-electron chi connectivity index (χ3n) is 5.76. The zero-order valence-electron chi connectivity index (χ0n) is 22.1. The molecule has 1 amide bonds. The predicted molar refractivity (Wildman–Crippen MR) is 138 cm³/mol. The number of amides is 1. The highest BCUT2D eigenvalue weighted by atomic mass is 16.6. The van der Waals surface area contributed by atoms with Gasteiger partial charge in [0.15, 0.2) is 11.5 Å². The van der Waals surface area contributed by atoms with Gasteiger partial charge in [-0.3, -0.25) is 19.8 Å². The van der Waals surface area contributed by atoms with E-state index in [-0.39, 0.29) is 58.4 Å². The van der Waals surface area contributed by atoms with Crippen molar-refractivity contribution in [3.8, 4) is 17.2 Å². The van der Waals surface area contributed by atoms with Gasteiger partial charge < -0.3 is 23.7 Å². The van der Waals surface area contributed by atoms with E-state index < -0.39 is 28.7 Å². The van der Waals surface area contributed by atoms with E-state index in [1.165, 1.54) is 70.1 Å². The van der Waals surface area contributed by atoms with Crippen molar-refractivity contribution >= 4 is 23.5 Å². The fourth-order valence-electron chi connectivity index (χ4n) is 4.07. The summed E-state index contributed by atoms with van der Waals surface area (Å²) in [7, 11) is 4.21. The number of carbonyl (C=O) groups is 3. The largest absolute Gasteiger partial charge is 0.493 e. The molecule has 39 heavy (non-hydrogen) atoms. The maximum atomic E-state index is 13.7. The molecule has 0 saturated carbocycles. The smallest absolute Gasteiger partial charge is 0.336 e. The van der Waals surface area contributed by atoms with Gasteiger partial charge in [0.1, 0.15) is 0 Å². The number of non-ortho nitro benzene ring substituents is 1. The molecule has 1 heterocycles. The Labute approximate surface area is 224 Å². The normalized spacial score (nSPS) is 13.1. The number of ether oxygens (including phenoxy) is 5. The highest BCUT2D eigenvalue weighted by Crippen LogP contribution is 2.41. The molecule has 0 radical (unpaired) electrons. The van der Waals surface area contributed by atoms with Gasteiger partial charge in [-0.15, -0.1) is 0 Å². The number of nitro groups is 1. The minimum absolute atomic E-state index is 0.0110. The van der Waals surface area contributed by atoms with Gasteiger partial charge >= 0.3 is 11.9 Å². The summed E-state index contributed by atoms with van der Waals surface area (Å²) in [6, 6.07) is 8.36. The number of hydrogen-bond acceptors (Lipinski definition) is 10. The molecule has 3 rings (SSSR count). The van der Waals surface area contributed by atoms with Crippen LogP contribution in [-0.4, -0.2) is 62.2 Å². The molecule has 0 fully saturated rings. The summed E-state index contributed by atoms with van der Waals surface area (Å²) < 4.78 is 26.4. The lowest BCUT2D eigenvalue weighted by Gasteiger charge is -2.29. The molecule has 0 N–H and O–H groups in total. The van der Waals surface area contributed by atoms with Crippen molar-refractivity contribution in [1.29, 1.82) is 0 Å². The molecule has 0 aliphatic carbocycles. The van der Waals surface area contributed by atoms with Crippen molar-refractivity contribution in [3.05, 3.63) is 81.2 Å². The number of benzene rings is 2. The molecule has 1 aliphatic heterocycles. The van der Waals surface area contributed by atoms with Crippen LogP contribution in [0.3, 0.4) is 0 Å². The van der Waals surface area contributed by atoms with Crippen LogP contribution in [0.25, 0.3) is 0 Å². The highest BCUT2D eigenvalue weighted by molar-refractivity contribution is 6.03. The Morgan fingerprint density at radius 2 is 1.41 bits per heavy atom. The van der Waals surface area contributed by atoms with Crippen LogP contribution in [-0.2, 0) is 19.1 Å². The van der Waals surface area contributed by atoms with Crippen molar-refractivity contribution in [3.63, 3.8) is 0 Å². The summed E-state index contributed by atoms with van der Waals surface area (Å²) >= 11 is 0. The number of rotatable bonds is 10. The Balaban J connectivity index is 2.22. The summed E-state index contributed by atoms with van der Waals surface area (Å²) in [5.74, 6) is -2.67. The van der Waals surface area contributed by atoms with Crippen LogP contribution in [0.4, 0.5) is 5.69 Å². The summed E-state index contributed by atoms with van der Waals surface area (Å²) in [5.41, 5.74) is -0.0675. The first kappa shape index (κ1) is 28.7. The number of nitro benzene ring substituents is 1. The molecule has 206 valence electrons. The van der Waals surface area contributed by atoms with Gasteiger partial charge in [-0.25, -0.2) is 9.59 Å². The Hall–Kier alpha value is -4.87. The number of hydrogen-bond donors (Lipinski definition) is 0. The van der Waals surface area contributed by atoms with E-state index in [0.717, 1.165) is 4.90 Å². The van der Waals surface area contributed by atoms with Gasteiger partial charge in [-0.1, -0.05) is 12.1 Å². The molecule has 0 aromatic heterocycles. The van der Waals surface area contributed by atoms with Gasteiger partial charge in [0.2, 0.25) is 5.75 Å². The molecule has 1 aliphatic rings. The highest BCUT2D eigenvalue weighted by Gasteiger charge is 2.37. The molecular weight excluding hydrogens is 512 g/mol. The Morgan fingerprint density at radius 1 is 0.872 bits per heavy atom. The Morgan fingerprint density at radius 3 is 1.85 bits per heavy atom. The topological polar surface area (TPSA) is 144 Å². The number of esters is 2. The molecule has 12 heteroatoms. The van der Waals surface area contributed by atoms with Gasteiger partial charge in [0.25, 0.3) is 11.6 Å². The Kier molecular flexibility index (Phi) is 9.26. The average Bonchev–Trinajstić information content (AvgIpc) is 2.95. The molecule has 0 atom stereocenters. The van der Waals surface area contributed by atoms with Crippen LogP contribution >= 0.6 is 0 Å². The molecular formula is C27H28N2O10. The van der Waals surface area contributed by atoms with Gasteiger partial charge in [0.05, 0.1) is 56.5 Å². The minimum atomic E-state index is -1.10. The monoisotopic (exact) mass is 540 g/mol. The van der Waals surface area contributed by atoms with E-state index in [9.17, 15) is 24.5 Å². The number of nitrogens with zero attached hydrogens (tertiary/aromatic N) is 2. The van der Waals surface area contributed by atoms with E-state index in [0.29, 0.717) is 0 Å². The molecule has 12 nitrogen and oxygen atoms in total. The molecule has 2 aromatic carbocycles. The maximum Gasteiger partial charge on any atom is 0.336 e. The summed E-state index contributed by atoms with van der Waals surface area (Å²) in [5, 5.41) is 11.4. The first-order chi connectivity index (χ1) is 18.7. The quantitative estimate of drug-likeness (QED) is 0.248. The van der Waals surface area contributed by atoms with Gasteiger partial charge in [0, 0.05) is 30.1 Å². The van der Waals surface area contributed by atoms with Crippen LogP contribution in [0.1, 0.15) is 35.7 Å². The lowest BCUT2D eigenvalue weighted by molar-refractivity contribution is -0.384. The molecule has 0 unspecified atom stereocenters. The minimum Gasteiger partial charge on any atom is -0.493 e. The average molecular weight is 541 g/mol. The van der Waals surface area contributed by atoms with E-state index >= 15 is 0 Å². The Bertz CT molecular complexity index is 1290. The fourth-order valence-corrected chi connectivity index (χ4v) is 4.07. The van der Waals surface area contributed by atoms with E-state index in [4.69, 9.17) is 23.7 Å². The van der Waals surface area contributed by atoms with Crippen molar-refractivity contribution in [2.24, 2.45) is 0 Å². The van der Waals surface area contributed by atoms with Gasteiger partial charge in [-0.2, -0.15) is 0 Å². The standard InChI is InChI=1S/C27H28N2O10/c1-6-38-26(31)19-14-28(25(30)17-12-21(35-3)24(37-5)22(13-17)36-4)15-20(27(32)39-7-2)23(19)16-9-8-10-18(11-16)29(33)34/h8-15,23H,6-7H2,1-5H3. The lowest BCUT2D eigenvalue weighted by atomic mass is 9.83. The predicted octanol–water partition coefficient (Wildman–Crippen LogP) is 3.75. The third-order valence-corrected chi connectivity index (χ3v) is 5.76. The molecule has 0 spiro atoms. The summed E-state index contributed by atoms with van der Waals surface area (Å²) in [6.45, 7) is 3.23. The summed E-state index contributed by atoms with van der Waals surface area (Å²) in [6.07, 6.45) is 2.46. The van der Waals surface area contributed by atoms with E-state index in [1.54, 1.807) is 13.8 Å². The number of carbonyl (C=O) groups excluding carboxylic acids is 3. The lowest BCUT2D eigenvalue weighted by Crippen LogP contribution is -2.32. The maximum absolute atomic E-state index is 13.7. The van der Waals surface area contributed by atoms with Crippen LogP contribution < -0.4 is 14.2 Å². The van der Waals surface area contributed by atoms with Gasteiger partial charge in [-0.05, 0) is 31.5 Å². The van der Waals surface area contributed by atoms with Crippen LogP contribution in [0.2, 0.25) is 0 Å². The van der Waals surface area contributed by atoms with Crippen LogP contribution in [0.15, 0.2) is 59.9 Å². The molecule has 0 bridgehead atoms. The SMILES string of the molecule is CCOC(=O)C1=CN(C(=O)c2cc(OC)c(OC)c(OC)c2)C=C(C(=O)OCC)C1c1cccc([N+](=O)[O-])c1. The van der Waals surface area contributed by atoms with Crippen molar-refractivity contribution in [2.75, 3.05) is 34.5 Å². The van der Waals surface area contributed by atoms with Crippen molar-refractivity contribution in [2.45, 2.75) is 19.8 Å². The fraction of sp³-hybridized carbons (Fsp3) is 0.296. The van der Waals surface area contributed by atoms with Crippen LogP contribution in [0, 0.1) is 10.1 Å². The van der Waals surface area contributed by atoms with E-state index in [1.807, 2.05) is 0 Å². The zero-order valence-corrected chi connectivity index (χ0v) is 22.1. The second kappa shape index (κ2) is 12.6. The first-order valence-electron chi connectivity index (χ1n) is 11.8. The molecule has 2 aromatic rings. The third kappa shape index (κ3) is 6.00. The summed E-state index contributed by atoms with van der Waals surface area (Å²) in [4.78, 5) is 51.8. The van der Waals surface area contributed by atoms with Crippen LogP contribution in [0.5, 0.6) is 17.2 Å². The van der Waals surface area contributed by atoms with Crippen molar-refractivity contribution in [1.82, 2.24) is 4.90 Å². The first-order valence-corrected chi connectivity index (χ1v) is 11.8. The van der Waals surface area contributed by atoms with Crippen molar-refractivity contribution < 1.29 is 43.0 Å². The second-order valence-corrected chi connectivity index (χ2v) is 8.02. The second-order valence-electron chi connectivity index (χ2n) is 8.02. The molecule has 0 saturated heterocycles. The van der Waals surface area contributed by atoms with E-state index in [2.05, 4.69) is 0 Å². The number of methoxy groups -OCH3 is 3.